The van der Waals surface area contributed by atoms with Gasteiger partial charge in [0.25, 0.3) is 0 Å². The van der Waals surface area contributed by atoms with E-state index in [2.05, 4.69) is 10.0 Å². The monoisotopic (exact) mass is 452 g/mol. The van der Waals surface area contributed by atoms with Crippen LogP contribution in [0.4, 0.5) is 0 Å². The van der Waals surface area contributed by atoms with Crippen LogP contribution in [0.3, 0.4) is 0 Å². The molecule has 0 saturated carbocycles. The highest BCUT2D eigenvalue weighted by atomic mass is 32.2. The van der Waals surface area contributed by atoms with Crippen LogP contribution < -0.4 is 10.0 Å². The zero-order valence-corrected chi connectivity index (χ0v) is 19.3. The largest absolute Gasteiger partial charge is 0.392 e. The van der Waals surface area contributed by atoms with Crippen LogP contribution in [0.25, 0.3) is 10.8 Å². The van der Waals surface area contributed by atoms with Crippen LogP contribution >= 0.6 is 11.8 Å². The number of amides is 1. The first kappa shape index (κ1) is 24.7. The maximum absolute atomic E-state index is 13.0. The number of carbonyl (C=O) groups excluding carboxylic acids is 1. The highest BCUT2D eigenvalue weighted by Crippen LogP contribution is 2.19. The smallest absolute Gasteiger partial charge is 0.241 e. The van der Waals surface area contributed by atoms with Gasteiger partial charge in [-0.3, -0.25) is 4.79 Å². The summed E-state index contributed by atoms with van der Waals surface area (Å²) in [5, 5.41) is 14.3. The molecule has 166 valence electrons. The minimum Gasteiger partial charge on any atom is -0.392 e. The molecular formula is C22H32N2O4S2. The van der Waals surface area contributed by atoms with E-state index in [1.54, 1.807) is 18.2 Å². The lowest BCUT2D eigenvalue weighted by atomic mass is 10.1. The second kappa shape index (κ2) is 12.3. The SMILES string of the molecule is CCCCNC(=O)C(CCSCC(O)CC)NS(=O)(=O)c1ccc2ccccc2c1. The van der Waals surface area contributed by atoms with Gasteiger partial charge in [0.1, 0.15) is 6.04 Å². The summed E-state index contributed by atoms with van der Waals surface area (Å²) >= 11 is 1.52. The first-order valence-corrected chi connectivity index (χ1v) is 13.1. The van der Waals surface area contributed by atoms with E-state index in [0.29, 0.717) is 30.9 Å². The van der Waals surface area contributed by atoms with Crippen LogP contribution in [0.1, 0.15) is 39.5 Å². The number of aliphatic hydroxyl groups is 1. The van der Waals surface area contributed by atoms with Crippen molar-refractivity contribution in [3.05, 3.63) is 42.5 Å². The summed E-state index contributed by atoms with van der Waals surface area (Å²) in [4.78, 5) is 12.8. The predicted octanol–water partition coefficient (Wildman–Crippen LogP) is 3.30. The molecule has 0 saturated heterocycles. The Morgan fingerprint density at radius 3 is 2.57 bits per heavy atom. The first-order valence-electron chi connectivity index (χ1n) is 10.4. The van der Waals surface area contributed by atoms with E-state index < -0.39 is 16.1 Å². The van der Waals surface area contributed by atoms with E-state index in [9.17, 15) is 18.3 Å². The van der Waals surface area contributed by atoms with Gasteiger partial charge < -0.3 is 10.4 Å². The summed E-state index contributed by atoms with van der Waals surface area (Å²) in [5.41, 5.74) is 0. The summed E-state index contributed by atoms with van der Waals surface area (Å²) in [6.45, 7) is 4.46. The molecule has 0 aliphatic carbocycles. The normalized spacial score (nSPS) is 13.8. The number of thioether (sulfide) groups is 1. The van der Waals surface area contributed by atoms with Gasteiger partial charge in [-0.05, 0) is 47.9 Å². The van der Waals surface area contributed by atoms with Gasteiger partial charge in [-0.15, -0.1) is 0 Å². The van der Waals surface area contributed by atoms with Gasteiger partial charge in [0.2, 0.25) is 15.9 Å². The Balaban J connectivity index is 2.11. The Kier molecular flexibility index (Phi) is 10.1. The number of fused-ring (bicyclic) bond motifs is 1. The van der Waals surface area contributed by atoms with E-state index in [-0.39, 0.29) is 16.9 Å². The molecule has 0 aliphatic rings. The minimum atomic E-state index is -3.85. The molecule has 0 spiro atoms. The predicted molar refractivity (Wildman–Crippen MR) is 124 cm³/mol. The molecule has 2 aromatic carbocycles. The fourth-order valence-electron chi connectivity index (χ4n) is 2.88. The van der Waals surface area contributed by atoms with Gasteiger partial charge in [0.05, 0.1) is 11.0 Å². The van der Waals surface area contributed by atoms with E-state index in [4.69, 9.17) is 0 Å². The van der Waals surface area contributed by atoms with Crippen molar-refractivity contribution < 1.29 is 18.3 Å². The highest BCUT2D eigenvalue weighted by Gasteiger charge is 2.25. The molecule has 0 aromatic heterocycles. The Morgan fingerprint density at radius 1 is 1.13 bits per heavy atom. The van der Waals surface area contributed by atoms with Crippen molar-refractivity contribution in [3.8, 4) is 0 Å². The number of hydrogen-bond acceptors (Lipinski definition) is 5. The van der Waals surface area contributed by atoms with Gasteiger partial charge >= 0.3 is 0 Å². The number of aliphatic hydroxyl groups excluding tert-OH is 1. The molecule has 2 unspecified atom stereocenters. The third-order valence-corrected chi connectivity index (χ3v) is 7.42. The Morgan fingerprint density at radius 2 is 1.87 bits per heavy atom. The number of sulfonamides is 1. The number of carbonyl (C=O) groups is 1. The molecule has 6 nitrogen and oxygen atoms in total. The van der Waals surface area contributed by atoms with E-state index in [1.165, 1.54) is 11.8 Å². The first-order chi connectivity index (χ1) is 14.4. The van der Waals surface area contributed by atoms with Gasteiger partial charge in [-0.1, -0.05) is 50.6 Å². The van der Waals surface area contributed by atoms with Crippen LogP contribution in [0, 0.1) is 0 Å². The lowest BCUT2D eigenvalue weighted by molar-refractivity contribution is -0.122. The topological polar surface area (TPSA) is 95.5 Å². The molecular weight excluding hydrogens is 420 g/mol. The summed E-state index contributed by atoms with van der Waals surface area (Å²) in [7, 11) is -3.85. The fraction of sp³-hybridized carbons (Fsp3) is 0.500. The highest BCUT2D eigenvalue weighted by molar-refractivity contribution is 7.99. The molecule has 0 radical (unpaired) electrons. The molecule has 3 N–H and O–H groups in total. The summed E-state index contributed by atoms with van der Waals surface area (Å²) in [5.74, 6) is 0.825. The number of benzene rings is 2. The van der Waals surface area contributed by atoms with Crippen LogP contribution in [0.2, 0.25) is 0 Å². The Labute approximate surface area is 183 Å². The summed E-state index contributed by atoms with van der Waals surface area (Å²) in [6.07, 6.45) is 2.42. The molecule has 1 amide bonds. The van der Waals surface area contributed by atoms with Crippen molar-refractivity contribution in [2.45, 2.75) is 56.6 Å². The standard InChI is InChI=1S/C22H32N2O4S2/c1-3-5-13-23-22(26)21(12-14-29-16-19(25)4-2)24-30(27,28)20-11-10-17-8-6-7-9-18(17)15-20/h6-11,15,19,21,24-25H,3-5,12-14,16H2,1-2H3,(H,23,26). The molecule has 2 aromatic rings. The summed E-state index contributed by atoms with van der Waals surface area (Å²) in [6, 6.07) is 11.6. The van der Waals surface area contributed by atoms with Gasteiger partial charge in [0, 0.05) is 12.3 Å². The molecule has 8 heteroatoms. The molecule has 0 bridgehead atoms. The van der Waals surface area contributed by atoms with Crippen LogP contribution in [0.5, 0.6) is 0 Å². The van der Waals surface area contributed by atoms with Crippen molar-refractivity contribution >= 4 is 38.5 Å². The molecule has 30 heavy (non-hydrogen) atoms. The Hall–Kier alpha value is -1.61. The van der Waals surface area contributed by atoms with E-state index in [0.717, 1.165) is 23.6 Å². The maximum atomic E-state index is 13.0. The lowest BCUT2D eigenvalue weighted by Gasteiger charge is -2.19. The van der Waals surface area contributed by atoms with Crippen LogP contribution in [-0.4, -0.2) is 49.6 Å². The second-order valence-corrected chi connectivity index (χ2v) is 10.1. The fourth-order valence-corrected chi connectivity index (χ4v) is 5.23. The van der Waals surface area contributed by atoms with Gasteiger partial charge in [0.15, 0.2) is 0 Å². The lowest BCUT2D eigenvalue weighted by Crippen LogP contribution is -2.47. The third-order valence-electron chi connectivity index (χ3n) is 4.81. The third kappa shape index (κ3) is 7.58. The Bertz CT molecular complexity index is 918. The number of hydrogen-bond donors (Lipinski definition) is 3. The van der Waals surface area contributed by atoms with Crippen molar-refractivity contribution in [2.75, 3.05) is 18.1 Å². The second-order valence-electron chi connectivity index (χ2n) is 7.25. The van der Waals surface area contributed by atoms with E-state index >= 15 is 0 Å². The zero-order chi connectivity index (χ0) is 22.0. The van der Waals surface area contributed by atoms with Crippen molar-refractivity contribution in [1.82, 2.24) is 10.0 Å². The van der Waals surface area contributed by atoms with E-state index in [1.807, 2.05) is 38.1 Å². The quantitative estimate of drug-likeness (QED) is 0.405. The molecule has 2 rings (SSSR count). The van der Waals surface area contributed by atoms with Crippen molar-refractivity contribution in [3.63, 3.8) is 0 Å². The number of unbranched alkanes of at least 4 members (excludes halogenated alkanes) is 1. The van der Waals surface area contributed by atoms with Crippen molar-refractivity contribution in [1.29, 1.82) is 0 Å². The molecule has 0 aliphatic heterocycles. The van der Waals surface area contributed by atoms with Crippen molar-refractivity contribution in [2.24, 2.45) is 0 Å². The average molecular weight is 453 g/mol. The molecule has 0 fully saturated rings. The van der Waals surface area contributed by atoms with Gasteiger partial charge in [-0.2, -0.15) is 16.5 Å². The van der Waals surface area contributed by atoms with Crippen LogP contribution in [-0.2, 0) is 14.8 Å². The maximum Gasteiger partial charge on any atom is 0.241 e. The average Bonchev–Trinajstić information content (AvgIpc) is 2.75. The molecule has 2 atom stereocenters. The minimum absolute atomic E-state index is 0.140. The number of nitrogens with one attached hydrogen (secondary N) is 2. The van der Waals surface area contributed by atoms with Gasteiger partial charge in [-0.25, -0.2) is 8.42 Å². The zero-order valence-electron chi connectivity index (χ0n) is 17.6. The van der Waals surface area contributed by atoms with Crippen LogP contribution in [0.15, 0.2) is 47.4 Å². The molecule has 0 heterocycles. The number of rotatable bonds is 13. The summed E-state index contributed by atoms with van der Waals surface area (Å²) < 4.78 is 28.5.